The number of hydrogen-bond acceptors (Lipinski definition) is 5. The summed E-state index contributed by atoms with van der Waals surface area (Å²) in [7, 11) is 1.88. The maximum Gasteiger partial charge on any atom is 0.191 e. The topological polar surface area (TPSA) is 52.1 Å². The number of nitrogens with one attached hydrogen (secondary N) is 2. The largest absolute Gasteiger partial charge is 0.379 e. The quantitative estimate of drug-likeness (QED) is 0.535. The minimum absolute atomic E-state index is 0.259. The number of morpholine rings is 1. The van der Waals surface area contributed by atoms with Crippen LogP contribution in [0.5, 0.6) is 0 Å². The molecule has 144 valence electrons. The van der Waals surface area contributed by atoms with Crippen molar-refractivity contribution < 1.29 is 4.74 Å². The Morgan fingerprint density at radius 1 is 1.28 bits per heavy atom. The fourth-order valence-electron chi connectivity index (χ4n) is 4.36. The van der Waals surface area contributed by atoms with Crippen molar-refractivity contribution in [1.29, 1.82) is 0 Å². The van der Waals surface area contributed by atoms with Gasteiger partial charge < -0.3 is 15.4 Å². The molecule has 0 saturated carbocycles. The molecule has 0 bridgehead atoms. The molecule has 0 aliphatic carbocycles. The Labute approximate surface area is 157 Å². The van der Waals surface area contributed by atoms with Crippen molar-refractivity contribution in [3.63, 3.8) is 0 Å². The van der Waals surface area contributed by atoms with Gasteiger partial charge in [0.1, 0.15) is 0 Å². The maximum absolute atomic E-state index is 5.56. The van der Waals surface area contributed by atoms with Gasteiger partial charge in [0, 0.05) is 50.6 Å². The molecule has 0 radical (unpaired) electrons. The lowest BCUT2D eigenvalue weighted by Crippen LogP contribution is -2.60. The van der Waals surface area contributed by atoms with Crippen LogP contribution in [0.15, 0.2) is 4.99 Å². The zero-order valence-electron chi connectivity index (χ0n) is 15.9. The molecule has 3 rings (SSSR count). The SMILES string of the molecule is CCN1CCCC1CNC(=NC)NCC1(N2CCOCC2)CCSC1. The second-order valence-corrected chi connectivity index (χ2v) is 8.46. The Morgan fingerprint density at radius 3 is 2.80 bits per heavy atom. The van der Waals surface area contributed by atoms with Gasteiger partial charge in [0.2, 0.25) is 0 Å². The van der Waals surface area contributed by atoms with E-state index >= 15 is 0 Å². The number of likely N-dealkylation sites (tertiary alicyclic amines) is 1. The molecule has 2 unspecified atom stereocenters. The summed E-state index contributed by atoms with van der Waals surface area (Å²) >= 11 is 2.08. The highest BCUT2D eigenvalue weighted by Gasteiger charge is 2.40. The van der Waals surface area contributed by atoms with E-state index in [1.54, 1.807) is 0 Å². The molecule has 25 heavy (non-hydrogen) atoms. The Morgan fingerprint density at radius 2 is 2.12 bits per heavy atom. The Bertz CT molecular complexity index is 435. The predicted octanol–water partition coefficient (Wildman–Crippen LogP) is 0.844. The van der Waals surface area contributed by atoms with Gasteiger partial charge in [-0.2, -0.15) is 11.8 Å². The molecule has 3 heterocycles. The van der Waals surface area contributed by atoms with Crippen molar-refractivity contribution in [2.45, 2.75) is 37.8 Å². The lowest BCUT2D eigenvalue weighted by Gasteiger charge is -2.43. The van der Waals surface area contributed by atoms with Crippen molar-refractivity contribution in [1.82, 2.24) is 20.4 Å². The molecule has 2 atom stereocenters. The molecule has 0 aromatic carbocycles. The van der Waals surface area contributed by atoms with Gasteiger partial charge in [-0.05, 0) is 38.1 Å². The van der Waals surface area contributed by atoms with E-state index in [1.165, 1.54) is 37.3 Å². The van der Waals surface area contributed by atoms with Gasteiger partial charge in [-0.15, -0.1) is 0 Å². The number of ether oxygens (including phenoxy) is 1. The summed E-state index contributed by atoms with van der Waals surface area (Å²) in [4.78, 5) is 9.68. The van der Waals surface area contributed by atoms with Crippen LogP contribution in [0.3, 0.4) is 0 Å². The van der Waals surface area contributed by atoms with Gasteiger partial charge >= 0.3 is 0 Å². The van der Waals surface area contributed by atoms with Crippen LogP contribution in [0.25, 0.3) is 0 Å². The van der Waals surface area contributed by atoms with Crippen LogP contribution in [0, 0.1) is 0 Å². The van der Waals surface area contributed by atoms with Gasteiger partial charge in [-0.1, -0.05) is 6.92 Å². The molecule has 2 N–H and O–H groups in total. The van der Waals surface area contributed by atoms with E-state index in [9.17, 15) is 0 Å². The van der Waals surface area contributed by atoms with Crippen molar-refractivity contribution in [3.05, 3.63) is 0 Å². The fourth-order valence-corrected chi connectivity index (χ4v) is 5.84. The first-order valence-electron chi connectivity index (χ1n) is 9.86. The fraction of sp³-hybridized carbons (Fsp3) is 0.944. The highest BCUT2D eigenvalue weighted by atomic mass is 32.2. The normalized spacial score (nSPS) is 32.2. The standard InChI is InChI=1S/C18H35N5OS/c1-3-22-7-4-5-16(22)13-20-17(19-2)21-14-18(6-12-25-15-18)23-8-10-24-11-9-23/h16H,3-15H2,1-2H3,(H2,19,20,21). The van der Waals surface area contributed by atoms with Crippen LogP contribution >= 0.6 is 11.8 Å². The van der Waals surface area contributed by atoms with Crippen molar-refractivity contribution >= 4 is 17.7 Å². The zero-order chi connectivity index (χ0) is 17.5. The Balaban J connectivity index is 1.50. The number of guanidine groups is 1. The third-order valence-electron chi connectivity index (χ3n) is 5.98. The van der Waals surface area contributed by atoms with Crippen molar-refractivity contribution in [2.75, 3.05) is 71.0 Å². The summed E-state index contributed by atoms with van der Waals surface area (Å²) in [5.74, 6) is 3.43. The molecular formula is C18H35N5OS. The van der Waals surface area contributed by atoms with E-state index in [0.29, 0.717) is 6.04 Å². The van der Waals surface area contributed by atoms with Gasteiger partial charge in [-0.25, -0.2) is 0 Å². The molecule has 3 fully saturated rings. The number of thioether (sulfide) groups is 1. The second kappa shape index (κ2) is 9.44. The van der Waals surface area contributed by atoms with E-state index < -0.39 is 0 Å². The van der Waals surface area contributed by atoms with E-state index in [1.807, 2.05) is 7.05 Å². The molecular weight excluding hydrogens is 334 g/mol. The number of likely N-dealkylation sites (N-methyl/N-ethyl adjacent to an activating group) is 1. The van der Waals surface area contributed by atoms with Gasteiger partial charge in [0.25, 0.3) is 0 Å². The van der Waals surface area contributed by atoms with Gasteiger partial charge in [0.05, 0.1) is 13.2 Å². The van der Waals surface area contributed by atoms with Crippen molar-refractivity contribution in [2.24, 2.45) is 4.99 Å². The molecule has 0 aromatic heterocycles. The average Bonchev–Trinajstić information content (AvgIpc) is 3.32. The van der Waals surface area contributed by atoms with Crippen LogP contribution in [-0.4, -0.2) is 98.4 Å². The first-order chi connectivity index (χ1) is 12.3. The maximum atomic E-state index is 5.56. The van der Waals surface area contributed by atoms with Crippen LogP contribution in [0.4, 0.5) is 0 Å². The molecule has 3 saturated heterocycles. The number of rotatable bonds is 6. The van der Waals surface area contributed by atoms with E-state index in [2.05, 4.69) is 44.1 Å². The van der Waals surface area contributed by atoms with E-state index in [0.717, 1.165) is 51.9 Å². The first-order valence-corrected chi connectivity index (χ1v) is 11.0. The predicted molar refractivity (Wildman–Crippen MR) is 107 cm³/mol. The van der Waals surface area contributed by atoms with Crippen molar-refractivity contribution in [3.8, 4) is 0 Å². The van der Waals surface area contributed by atoms with E-state index in [-0.39, 0.29) is 5.54 Å². The molecule has 6 nitrogen and oxygen atoms in total. The highest BCUT2D eigenvalue weighted by Crippen LogP contribution is 2.33. The Kier molecular flexibility index (Phi) is 7.28. The molecule has 3 aliphatic heterocycles. The lowest BCUT2D eigenvalue weighted by molar-refractivity contribution is -0.0120. The lowest BCUT2D eigenvalue weighted by atomic mass is 9.95. The second-order valence-electron chi connectivity index (χ2n) is 7.36. The monoisotopic (exact) mass is 369 g/mol. The van der Waals surface area contributed by atoms with Crippen LogP contribution in [0.2, 0.25) is 0 Å². The van der Waals surface area contributed by atoms with Gasteiger partial charge in [-0.3, -0.25) is 14.8 Å². The molecule has 7 heteroatoms. The van der Waals surface area contributed by atoms with E-state index in [4.69, 9.17) is 4.74 Å². The molecule has 0 aromatic rings. The average molecular weight is 370 g/mol. The summed E-state index contributed by atoms with van der Waals surface area (Å²) < 4.78 is 5.56. The number of hydrogen-bond donors (Lipinski definition) is 2. The third kappa shape index (κ3) is 4.81. The summed E-state index contributed by atoms with van der Waals surface area (Å²) in [6.07, 6.45) is 3.88. The minimum atomic E-state index is 0.259. The summed E-state index contributed by atoms with van der Waals surface area (Å²) in [6.45, 7) is 10.5. The minimum Gasteiger partial charge on any atom is -0.379 e. The van der Waals surface area contributed by atoms with Gasteiger partial charge in [0.15, 0.2) is 5.96 Å². The number of nitrogens with zero attached hydrogens (tertiary/aromatic N) is 3. The third-order valence-corrected chi connectivity index (χ3v) is 7.22. The summed E-state index contributed by atoms with van der Waals surface area (Å²) in [6, 6.07) is 0.652. The highest BCUT2D eigenvalue weighted by molar-refractivity contribution is 7.99. The molecule has 0 spiro atoms. The molecule has 0 amide bonds. The van der Waals surface area contributed by atoms with Crippen LogP contribution < -0.4 is 10.6 Å². The number of aliphatic imine (C=N–C) groups is 1. The first kappa shape index (κ1) is 19.3. The smallest absolute Gasteiger partial charge is 0.191 e. The summed E-state index contributed by atoms with van der Waals surface area (Å²) in [5, 5.41) is 7.20. The zero-order valence-corrected chi connectivity index (χ0v) is 16.7. The summed E-state index contributed by atoms with van der Waals surface area (Å²) in [5.41, 5.74) is 0.259. The van der Waals surface area contributed by atoms with Crippen LogP contribution in [-0.2, 0) is 4.74 Å². The van der Waals surface area contributed by atoms with Crippen LogP contribution in [0.1, 0.15) is 26.2 Å². The molecule has 3 aliphatic rings. The Hall–Kier alpha value is -0.500.